The topological polar surface area (TPSA) is 154 Å². The first kappa shape index (κ1) is 44.8. The number of nitrogens with two attached hydrogens (primary N) is 3. The lowest BCUT2D eigenvalue weighted by Gasteiger charge is -2.56. The van der Waals surface area contributed by atoms with Gasteiger partial charge in [0.25, 0.3) is 0 Å². The fourth-order valence-electron chi connectivity index (χ4n) is 10.2. The zero-order valence-corrected chi connectivity index (χ0v) is 33.5. The summed E-state index contributed by atoms with van der Waals surface area (Å²) < 4.78 is 20.1. The highest BCUT2D eigenvalue weighted by molar-refractivity contribution is 5.13. The summed E-state index contributed by atoms with van der Waals surface area (Å²) in [5.41, 5.74) is 26.8. The van der Waals surface area contributed by atoms with Gasteiger partial charge in [0.1, 0.15) is 0 Å². The van der Waals surface area contributed by atoms with Crippen molar-refractivity contribution in [2.24, 2.45) is 52.2 Å². The first-order valence-electron chi connectivity index (χ1n) is 21.6. The summed E-state index contributed by atoms with van der Waals surface area (Å²) in [5, 5.41) is 7.22. The molecule has 3 aliphatic rings. The summed E-state index contributed by atoms with van der Waals surface area (Å²) in [5.74, 6) is 3.01. The van der Waals surface area contributed by atoms with E-state index in [1.807, 2.05) is 0 Å². The summed E-state index contributed by atoms with van der Waals surface area (Å²) >= 11 is 0. The maximum Gasteiger partial charge on any atom is 0.0645 e. The molecular weight excluding hydrogens is 637 g/mol. The quantitative estimate of drug-likeness (QED) is 0.0410. The van der Waals surface area contributed by atoms with E-state index < -0.39 is 0 Å². The lowest BCUT2D eigenvalue weighted by atomic mass is 9.53. The molecule has 9 heteroatoms. The lowest BCUT2D eigenvalue weighted by Crippen LogP contribution is -2.55. The van der Waals surface area contributed by atoms with E-state index in [4.69, 9.17) is 37.1 Å². The van der Waals surface area contributed by atoms with Crippen molar-refractivity contribution in [3.63, 3.8) is 0 Å². The van der Waals surface area contributed by atoms with Crippen LogP contribution in [0.3, 0.4) is 0 Å². The minimum atomic E-state index is 0.130. The van der Waals surface area contributed by atoms with Crippen molar-refractivity contribution in [1.29, 1.82) is 0 Å². The van der Waals surface area contributed by atoms with E-state index in [2.05, 4.69) is 37.5 Å². The Morgan fingerprint density at radius 2 is 1.55 bits per heavy atom. The minimum absolute atomic E-state index is 0.130. The number of fused-ring (bicyclic) bond motifs is 1. The Morgan fingerprint density at radius 3 is 2.24 bits per heavy atom. The Morgan fingerprint density at radius 1 is 0.863 bits per heavy atom. The van der Waals surface area contributed by atoms with Crippen molar-refractivity contribution < 1.29 is 14.2 Å². The summed E-state index contributed by atoms with van der Waals surface area (Å²) in [6.07, 6.45) is 22.3. The number of nitrogens with one attached hydrogen (secondary N) is 3. The number of hydrogen-bond donors (Lipinski definition) is 5. The molecule has 3 unspecified atom stereocenters. The molecule has 3 aliphatic carbocycles. The van der Waals surface area contributed by atoms with Gasteiger partial charge in [-0.2, -0.15) is 0 Å². The van der Waals surface area contributed by atoms with Gasteiger partial charge in [0.15, 0.2) is 0 Å². The van der Waals surface area contributed by atoms with Crippen molar-refractivity contribution in [3.05, 3.63) is 17.4 Å². The van der Waals surface area contributed by atoms with Crippen LogP contribution in [0.15, 0.2) is 11.6 Å². The molecular formula is C42H83N6O3-. The van der Waals surface area contributed by atoms with E-state index in [0.29, 0.717) is 61.9 Å². The van der Waals surface area contributed by atoms with Gasteiger partial charge in [0, 0.05) is 25.2 Å². The van der Waals surface area contributed by atoms with Gasteiger partial charge in [0.2, 0.25) is 0 Å². The molecule has 2 saturated carbocycles. The predicted molar refractivity (Wildman–Crippen MR) is 215 cm³/mol. The van der Waals surface area contributed by atoms with Gasteiger partial charge in [-0.25, -0.2) is 0 Å². The Balaban J connectivity index is 1.71. The summed E-state index contributed by atoms with van der Waals surface area (Å²) in [7, 11) is 0. The minimum Gasteiger partial charge on any atom is -0.677 e. The molecule has 3 rings (SSSR count). The van der Waals surface area contributed by atoms with Crippen LogP contribution in [0.1, 0.15) is 130 Å². The molecule has 300 valence electrons. The second-order valence-electron chi connectivity index (χ2n) is 16.5. The predicted octanol–water partition coefficient (Wildman–Crippen LogP) is 6.98. The fourth-order valence-corrected chi connectivity index (χ4v) is 10.2. The first-order chi connectivity index (χ1) is 24.9. The largest absolute Gasteiger partial charge is 0.677 e. The van der Waals surface area contributed by atoms with Gasteiger partial charge in [-0.05, 0) is 178 Å². The maximum absolute atomic E-state index is 7.86. The standard InChI is InChI=1S/C42H83N6O3/c1-4-35-32-40(51-30-12-23-46)42(3)37(33(2)13-8-26-47-24-5-6-25-48-27-9-20-43)18-19-38(42)41(35)39(50-29-11-22-45)31-34-14-7-15-36(17-16-34)49-28-10-21-44/h16,33,35-41,45,47-48H,4-15,17-32,43-44,46H2,1-3H3/q-1/t33-,35?,36-,37?,38+,39-,40+,41?,42-/m1/s1. The molecule has 9 nitrogen and oxygen atoms in total. The zero-order chi connectivity index (χ0) is 36.7. The van der Waals surface area contributed by atoms with Crippen molar-refractivity contribution in [2.75, 3.05) is 72.2 Å². The SMILES string of the molecule is CCC1C[C@H](OCCCN)[C@]2(C)C([C@H](C)CCCNCCCCNCCCN)CC[C@H]2C1[C@@H](CC1=CC[C@H](OCCCN)CCC1)OCCC[NH-]. The Hall–Kier alpha value is -0.620. The summed E-state index contributed by atoms with van der Waals surface area (Å²) in [4.78, 5) is 0. The molecule has 0 amide bonds. The van der Waals surface area contributed by atoms with Gasteiger partial charge in [-0.3, -0.25) is 0 Å². The highest BCUT2D eigenvalue weighted by atomic mass is 16.5. The fraction of sp³-hybridized carbons (Fsp3) is 0.952. The zero-order valence-electron chi connectivity index (χ0n) is 33.5. The van der Waals surface area contributed by atoms with Crippen LogP contribution in [0.5, 0.6) is 0 Å². The number of unbranched alkanes of at least 4 members (excludes halogenated alkanes) is 1. The molecule has 9 atom stereocenters. The smallest absolute Gasteiger partial charge is 0.0645 e. The van der Waals surface area contributed by atoms with E-state index >= 15 is 0 Å². The van der Waals surface area contributed by atoms with Gasteiger partial charge >= 0.3 is 0 Å². The van der Waals surface area contributed by atoms with E-state index in [-0.39, 0.29) is 17.6 Å². The van der Waals surface area contributed by atoms with E-state index in [9.17, 15) is 0 Å². The molecule has 0 saturated heterocycles. The van der Waals surface area contributed by atoms with Crippen molar-refractivity contribution in [1.82, 2.24) is 10.6 Å². The van der Waals surface area contributed by atoms with Gasteiger partial charge in [0.05, 0.1) is 18.3 Å². The van der Waals surface area contributed by atoms with Crippen LogP contribution in [0.4, 0.5) is 0 Å². The molecule has 2 fully saturated rings. The molecule has 9 N–H and O–H groups in total. The second kappa shape index (κ2) is 26.2. The molecule has 0 radical (unpaired) electrons. The van der Waals surface area contributed by atoms with Crippen LogP contribution in [0.2, 0.25) is 0 Å². The van der Waals surface area contributed by atoms with Crippen LogP contribution in [0, 0.1) is 35.0 Å². The van der Waals surface area contributed by atoms with Crippen LogP contribution >= 0.6 is 0 Å². The molecule has 0 aromatic rings. The number of rotatable bonds is 29. The van der Waals surface area contributed by atoms with Crippen LogP contribution in [0.25, 0.3) is 5.73 Å². The molecule has 0 spiro atoms. The highest BCUT2D eigenvalue weighted by Crippen LogP contribution is 2.63. The summed E-state index contributed by atoms with van der Waals surface area (Å²) in [6, 6.07) is 0. The molecule has 0 heterocycles. The van der Waals surface area contributed by atoms with Crippen molar-refractivity contribution >= 4 is 0 Å². The first-order valence-corrected chi connectivity index (χ1v) is 21.6. The Kier molecular flexibility index (Phi) is 23.0. The Labute approximate surface area is 314 Å². The normalized spacial score (nSPS) is 29.4. The van der Waals surface area contributed by atoms with E-state index in [1.54, 1.807) is 5.57 Å². The molecule has 51 heavy (non-hydrogen) atoms. The van der Waals surface area contributed by atoms with Gasteiger partial charge in [-0.15, -0.1) is 6.54 Å². The third-order valence-corrected chi connectivity index (χ3v) is 13.0. The maximum atomic E-state index is 7.86. The Bertz CT molecular complexity index is 910. The van der Waals surface area contributed by atoms with Crippen LogP contribution in [-0.2, 0) is 14.2 Å². The van der Waals surface area contributed by atoms with Crippen LogP contribution < -0.4 is 27.8 Å². The molecule has 0 bridgehead atoms. The molecule has 0 aliphatic heterocycles. The third kappa shape index (κ3) is 14.5. The van der Waals surface area contributed by atoms with E-state index in [1.165, 1.54) is 44.9 Å². The van der Waals surface area contributed by atoms with Crippen molar-refractivity contribution in [3.8, 4) is 0 Å². The van der Waals surface area contributed by atoms with Gasteiger partial charge < -0.3 is 47.8 Å². The van der Waals surface area contributed by atoms with Gasteiger partial charge in [-0.1, -0.05) is 38.8 Å². The lowest BCUT2D eigenvalue weighted by molar-refractivity contribution is -0.167. The molecule has 0 aromatic heterocycles. The number of hydrogen-bond acceptors (Lipinski definition) is 8. The van der Waals surface area contributed by atoms with E-state index in [0.717, 1.165) is 110 Å². The average Bonchev–Trinajstić information content (AvgIpc) is 3.33. The summed E-state index contributed by atoms with van der Waals surface area (Å²) in [6.45, 7) is 16.7. The highest BCUT2D eigenvalue weighted by Gasteiger charge is 2.61. The third-order valence-electron chi connectivity index (χ3n) is 13.0. The molecule has 0 aromatic carbocycles. The average molecular weight is 720 g/mol. The monoisotopic (exact) mass is 720 g/mol. The number of ether oxygens (including phenoxy) is 3. The second-order valence-corrected chi connectivity index (χ2v) is 16.5. The van der Waals surface area contributed by atoms with Crippen LogP contribution in [-0.4, -0.2) is 90.5 Å². The van der Waals surface area contributed by atoms with Crippen molar-refractivity contribution in [2.45, 2.75) is 148 Å².